The fourth-order valence-electron chi connectivity index (χ4n) is 3.97. The SMILES string of the molecule is CCCNC(c1csc(C)c1)C(CC)(CC)N1CCCC1. The van der Waals surface area contributed by atoms with E-state index in [1.807, 2.05) is 11.3 Å². The van der Waals surface area contributed by atoms with Crippen molar-refractivity contribution in [1.82, 2.24) is 10.2 Å². The zero-order valence-corrected chi connectivity index (χ0v) is 15.1. The highest BCUT2D eigenvalue weighted by Gasteiger charge is 2.42. The maximum Gasteiger partial charge on any atom is 0.0515 e. The molecule has 0 amide bonds. The first kappa shape index (κ1) is 17.0. The molecule has 2 nitrogen and oxygen atoms in total. The minimum atomic E-state index is 0.277. The molecule has 0 aliphatic carbocycles. The van der Waals surface area contributed by atoms with Gasteiger partial charge in [-0.25, -0.2) is 0 Å². The highest BCUT2D eigenvalue weighted by molar-refractivity contribution is 7.10. The van der Waals surface area contributed by atoms with Gasteiger partial charge in [0, 0.05) is 10.4 Å². The van der Waals surface area contributed by atoms with E-state index in [0.717, 1.165) is 6.54 Å². The Morgan fingerprint density at radius 2 is 1.90 bits per heavy atom. The molecule has 120 valence electrons. The predicted octanol–water partition coefficient (Wildman–Crippen LogP) is 4.75. The molecule has 0 saturated carbocycles. The second-order valence-electron chi connectivity index (χ2n) is 6.38. The van der Waals surface area contributed by atoms with Gasteiger partial charge in [0.25, 0.3) is 0 Å². The monoisotopic (exact) mass is 308 g/mol. The van der Waals surface area contributed by atoms with Crippen LogP contribution in [0.5, 0.6) is 0 Å². The van der Waals surface area contributed by atoms with Crippen molar-refractivity contribution in [1.29, 1.82) is 0 Å². The van der Waals surface area contributed by atoms with Gasteiger partial charge in [-0.05, 0) is 75.7 Å². The third kappa shape index (κ3) is 3.52. The summed E-state index contributed by atoms with van der Waals surface area (Å²) in [6.45, 7) is 12.9. The number of hydrogen-bond donors (Lipinski definition) is 1. The van der Waals surface area contributed by atoms with Crippen LogP contribution < -0.4 is 5.32 Å². The maximum atomic E-state index is 3.88. The van der Waals surface area contributed by atoms with Crippen molar-refractivity contribution in [3.63, 3.8) is 0 Å². The summed E-state index contributed by atoms with van der Waals surface area (Å²) in [6.07, 6.45) is 6.37. The van der Waals surface area contributed by atoms with Crippen LogP contribution in [0.3, 0.4) is 0 Å². The van der Waals surface area contributed by atoms with Crippen LogP contribution in [0.15, 0.2) is 11.4 Å². The zero-order chi connectivity index (χ0) is 15.3. The van der Waals surface area contributed by atoms with Crippen molar-refractivity contribution in [3.05, 3.63) is 21.9 Å². The van der Waals surface area contributed by atoms with Crippen molar-refractivity contribution in [2.45, 2.75) is 71.4 Å². The van der Waals surface area contributed by atoms with Crippen molar-refractivity contribution in [2.75, 3.05) is 19.6 Å². The van der Waals surface area contributed by atoms with Gasteiger partial charge in [-0.2, -0.15) is 0 Å². The molecule has 2 heterocycles. The first-order valence-electron chi connectivity index (χ1n) is 8.71. The van der Waals surface area contributed by atoms with E-state index in [4.69, 9.17) is 0 Å². The summed E-state index contributed by atoms with van der Waals surface area (Å²) in [5.74, 6) is 0. The van der Waals surface area contributed by atoms with E-state index in [0.29, 0.717) is 6.04 Å². The third-order valence-electron chi connectivity index (χ3n) is 5.18. The van der Waals surface area contributed by atoms with Gasteiger partial charge in [0.2, 0.25) is 0 Å². The Kier molecular flexibility index (Phi) is 6.27. The molecule has 2 rings (SSSR count). The van der Waals surface area contributed by atoms with Gasteiger partial charge >= 0.3 is 0 Å². The molecule has 1 unspecified atom stereocenters. The first-order chi connectivity index (χ1) is 10.2. The Bertz CT molecular complexity index is 417. The van der Waals surface area contributed by atoms with Crippen LogP contribution in [0.25, 0.3) is 0 Å². The van der Waals surface area contributed by atoms with E-state index >= 15 is 0 Å². The minimum absolute atomic E-state index is 0.277. The summed E-state index contributed by atoms with van der Waals surface area (Å²) in [4.78, 5) is 4.20. The highest BCUT2D eigenvalue weighted by Crippen LogP contribution is 2.40. The zero-order valence-electron chi connectivity index (χ0n) is 14.2. The van der Waals surface area contributed by atoms with E-state index in [1.54, 1.807) is 0 Å². The van der Waals surface area contributed by atoms with Crippen LogP contribution >= 0.6 is 11.3 Å². The number of nitrogens with zero attached hydrogens (tertiary/aromatic N) is 1. The average molecular weight is 309 g/mol. The molecular formula is C18H32N2S. The lowest BCUT2D eigenvalue weighted by Gasteiger charge is -2.47. The maximum absolute atomic E-state index is 3.88. The standard InChI is InChI=1S/C18H32N2S/c1-5-10-19-17(16-13-15(4)21-14-16)18(6-2,7-3)20-11-8-9-12-20/h13-14,17,19H,5-12H2,1-4H3. The van der Waals surface area contributed by atoms with E-state index < -0.39 is 0 Å². The van der Waals surface area contributed by atoms with Crippen LogP contribution in [-0.2, 0) is 0 Å². The Balaban J connectivity index is 2.33. The summed E-state index contributed by atoms with van der Waals surface area (Å²) in [6, 6.07) is 2.87. The van der Waals surface area contributed by atoms with Crippen molar-refractivity contribution in [3.8, 4) is 0 Å². The topological polar surface area (TPSA) is 15.3 Å². The molecule has 0 radical (unpaired) electrons. The molecule has 21 heavy (non-hydrogen) atoms. The number of aryl methyl sites for hydroxylation is 1. The predicted molar refractivity (Wildman–Crippen MR) is 94.2 cm³/mol. The molecule has 1 aromatic heterocycles. The molecule has 1 aliphatic rings. The molecule has 1 N–H and O–H groups in total. The summed E-state index contributed by atoms with van der Waals surface area (Å²) >= 11 is 1.89. The lowest BCUT2D eigenvalue weighted by Crippen LogP contribution is -2.55. The summed E-state index contributed by atoms with van der Waals surface area (Å²) in [5.41, 5.74) is 1.78. The smallest absolute Gasteiger partial charge is 0.0515 e. The third-order valence-corrected chi connectivity index (χ3v) is 6.06. The Labute approximate surface area is 134 Å². The number of rotatable bonds is 8. The Morgan fingerprint density at radius 1 is 1.24 bits per heavy atom. The molecule has 0 aromatic carbocycles. The number of thiophene rings is 1. The van der Waals surface area contributed by atoms with Gasteiger partial charge in [0.05, 0.1) is 6.04 Å². The molecule has 1 saturated heterocycles. The van der Waals surface area contributed by atoms with Crippen LogP contribution in [0.2, 0.25) is 0 Å². The highest BCUT2D eigenvalue weighted by atomic mass is 32.1. The summed E-state index contributed by atoms with van der Waals surface area (Å²) < 4.78 is 0. The van der Waals surface area contributed by atoms with Gasteiger partial charge < -0.3 is 5.32 Å². The van der Waals surface area contributed by atoms with Crippen molar-refractivity contribution < 1.29 is 0 Å². The number of likely N-dealkylation sites (tertiary alicyclic amines) is 1. The van der Waals surface area contributed by atoms with Gasteiger partial charge in [-0.15, -0.1) is 11.3 Å². The van der Waals surface area contributed by atoms with Gasteiger partial charge in [-0.3, -0.25) is 4.90 Å². The van der Waals surface area contributed by atoms with E-state index in [1.165, 1.54) is 55.6 Å². The van der Waals surface area contributed by atoms with Crippen molar-refractivity contribution >= 4 is 11.3 Å². The van der Waals surface area contributed by atoms with Gasteiger partial charge in [0.1, 0.15) is 0 Å². The summed E-state index contributed by atoms with van der Waals surface area (Å²) in [5, 5.41) is 6.26. The molecule has 1 atom stereocenters. The second-order valence-corrected chi connectivity index (χ2v) is 7.50. The summed E-state index contributed by atoms with van der Waals surface area (Å²) in [7, 11) is 0. The lowest BCUT2D eigenvalue weighted by molar-refractivity contribution is 0.0618. The van der Waals surface area contributed by atoms with Crippen LogP contribution in [0.4, 0.5) is 0 Å². The molecule has 1 fully saturated rings. The fraction of sp³-hybridized carbons (Fsp3) is 0.778. The molecule has 0 bridgehead atoms. The fourth-order valence-corrected chi connectivity index (χ4v) is 4.70. The first-order valence-corrected chi connectivity index (χ1v) is 9.59. The largest absolute Gasteiger partial charge is 0.308 e. The van der Waals surface area contributed by atoms with Gasteiger partial charge in [0.15, 0.2) is 0 Å². The Morgan fingerprint density at radius 3 is 2.38 bits per heavy atom. The van der Waals surface area contributed by atoms with Crippen LogP contribution in [0.1, 0.15) is 69.4 Å². The molecule has 1 aliphatic heterocycles. The molecule has 3 heteroatoms. The van der Waals surface area contributed by atoms with Crippen molar-refractivity contribution in [2.24, 2.45) is 0 Å². The average Bonchev–Trinajstić information content (AvgIpc) is 3.16. The number of hydrogen-bond acceptors (Lipinski definition) is 3. The minimum Gasteiger partial charge on any atom is -0.308 e. The van der Waals surface area contributed by atoms with E-state index in [2.05, 4.69) is 49.4 Å². The van der Waals surface area contributed by atoms with Gasteiger partial charge in [-0.1, -0.05) is 20.8 Å². The molecule has 0 spiro atoms. The number of nitrogens with one attached hydrogen (secondary N) is 1. The normalized spacial score (nSPS) is 18.3. The molecule has 1 aromatic rings. The Hall–Kier alpha value is -0.380. The molecular weight excluding hydrogens is 276 g/mol. The van der Waals surface area contributed by atoms with E-state index in [9.17, 15) is 0 Å². The lowest BCUT2D eigenvalue weighted by atomic mass is 9.79. The van der Waals surface area contributed by atoms with Crippen LogP contribution in [-0.4, -0.2) is 30.1 Å². The van der Waals surface area contributed by atoms with Crippen LogP contribution in [0, 0.1) is 6.92 Å². The quantitative estimate of drug-likeness (QED) is 0.745. The van der Waals surface area contributed by atoms with E-state index in [-0.39, 0.29) is 5.54 Å². The second kappa shape index (κ2) is 7.75.